The molecular weight excluding hydrogens is 139 g/mol. The molecule has 0 aliphatic heterocycles. The van der Waals surface area contributed by atoms with Crippen molar-refractivity contribution in [3.63, 3.8) is 0 Å². The van der Waals surface area contributed by atoms with Crippen LogP contribution in [0.25, 0.3) is 0 Å². The van der Waals surface area contributed by atoms with Gasteiger partial charge in [0.2, 0.25) is 0 Å². The van der Waals surface area contributed by atoms with Crippen LogP contribution in [0.4, 0.5) is 4.39 Å². The minimum atomic E-state index is -0.734. The fourth-order valence-corrected chi connectivity index (χ4v) is 0.890. The molecule has 11 heavy (non-hydrogen) atoms. The van der Waals surface area contributed by atoms with Crippen molar-refractivity contribution < 1.29 is 4.39 Å². The Labute approximate surface area is 68.8 Å². The SMILES string of the molecule is C=C/C(=C\C[C@@H](C)F)CCC. The average molecular weight is 156 g/mol. The first-order valence-electron chi connectivity index (χ1n) is 4.16. The number of hydrogen-bond acceptors (Lipinski definition) is 0. The van der Waals surface area contributed by atoms with Gasteiger partial charge in [0.1, 0.15) is 6.17 Å². The van der Waals surface area contributed by atoms with Crippen LogP contribution >= 0.6 is 0 Å². The molecule has 0 fully saturated rings. The van der Waals surface area contributed by atoms with Gasteiger partial charge >= 0.3 is 0 Å². The van der Waals surface area contributed by atoms with Crippen LogP contribution in [-0.4, -0.2) is 6.17 Å². The second-order valence-electron chi connectivity index (χ2n) is 2.75. The molecule has 0 radical (unpaired) electrons. The third-order valence-electron chi connectivity index (χ3n) is 1.51. The molecule has 1 atom stereocenters. The number of alkyl halides is 1. The van der Waals surface area contributed by atoms with Gasteiger partial charge in [-0.3, -0.25) is 0 Å². The Balaban J connectivity index is 3.80. The predicted octanol–water partition coefficient (Wildman–Crippen LogP) is 3.65. The summed E-state index contributed by atoms with van der Waals surface area (Å²) in [7, 11) is 0. The molecule has 0 nitrogen and oxygen atoms in total. The zero-order chi connectivity index (χ0) is 8.69. The summed E-state index contributed by atoms with van der Waals surface area (Å²) in [5, 5.41) is 0. The summed E-state index contributed by atoms with van der Waals surface area (Å²) in [5.74, 6) is 0. The molecule has 0 unspecified atom stereocenters. The van der Waals surface area contributed by atoms with Crippen LogP contribution in [0.2, 0.25) is 0 Å². The fraction of sp³-hybridized carbons (Fsp3) is 0.600. The van der Waals surface area contributed by atoms with Crippen LogP contribution in [0.1, 0.15) is 33.1 Å². The summed E-state index contributed by atoms with van der Waals surface area (Å²) in [5.41, 5.74) is 1.16. The Morgan fingerprint density at radius 1 is 1.64 bits per heavy atom. The minimum Gasteiger partial charge on any atom is -0.247 e. The topological polar surface area (TPSA) is 0 Å². The van der Waals surface area contributed by atoms with Gasteiger partial charge in [0.15, 0.2) is 0 Å². The van der Waals surface area contributed by atoms with E-state index in [0.29, 0.717) is 6.42 Å². The van der Waals surface area contributed by atoms with Crippen molar-refractivity contribution in [2.75, 3.05) is 0 Å². The first-order valence-corrected chi connectivity index (χ1v) is 4.16. The maximum atomic E-state index is 12.4. The summed E-state index contributed by atoms with van der Waals surface area (Å²) >= 11 is 0. The highest BCUT2D eigenvalue weighted by Crippen LogP contribution is 2.08. The summed E-state index contributed by atoms with van der Waals surface area (Å²) in [6, 6.07) is 0. The van der Waals surface area contributed by atoms with Crippen molar-refractivity contribution >= 4 is 0 Å². The molecule has 64 valence electrons. The highest BCUT2D eigenvalue weighted by Gasteiger charge is 1.95. The first-order chi connectivity index (χ1) is 5.20. The van der Waals surface area contributed by atoms with E-state index in [1.807, 2.05) is 12.2 Å². The van der Waals surface area contributed by atoms with Gasteiger partial charge in [-0.1, -0.05) is 37.6 Å². The van der Waals surface area contributed by atoms with Crippen LogP contribution in [0, 0.1) is 0 Å². The lowest BCUT2D eigenvalue weighted by Gasteiger charge is -1.99. The van der Waals surface area contributed by atoms with Gasteiger partial charge < -0.3 is 0 Å². The highest BCUT2D eigenvalue weighted by molar-refractivity contribution is 5.15. The monoisotopic (exact) mass is 156 g/mol. The van der Waals surface area contributed by atoms with Crippen molar-refractivity contribution in [3.8, 4) is 0 Å². The lowest BCUT2D eigenvalue weighted by molar-refractivity contribution is 0.365. The van der Waals surface area contributed by atoms with Crippen molar-refractivity contribution in [1.29, 1.82) is 0 Å². The van der Waals surface area contributed by atoms with Gasteiger partial charge in [-0.15, -0.1) is 0 Å². The second-order valence-corrected chi connectivity index (χ2v) is 2.75. The summed E-state index contributed by atoms with van der Waals surface area (Å²) in [6.45, 7) is 7.35. The number of halogens is 1. The lowest BCUT2D eigenvalue weighted by atomic mass is 10.1. The quantitative estimate of drug-likeness (QED) is 0.533. The zero-order valence-electron chi connectivity index (χ0n) is 7.44. The van der Waals surface area contributed by atoms with Gasteiger partial charge in [0, 0.05) is 0 Å². The molecule has 0 saturated carbocycles. The van der Waals surface area contributed by atoms with Crippen molar-refractivity contribution in [2.45, 2.75) is 39.3 Å². The third kappa shape index (κ3) is 5.84. The Morgan fingerprint density at radius 3 is 2.64 bits per heavy atom. The zero-order valence-corrected chi connectivity index (χ0v) is 7.44. The highest BCUT2D eigenvalue weighted by atomic mass is 19.1. The van der Waals surface area contributed by atoms with Gasteiger partial charge in [-0.2, -0.15) is 0 Å². The van der Waals surface area contributed by atoms with Gasteiger partial charge in [0.25, 0.3) is 0 Å². The van der Waals surface area contributed by atoms with Crippen LogP contribution in [0.3, 0.4) is 0 Å². The van der Waals surface area contributed by atoms with E-state index in [-0.39, 0.29) is 0 Å². The Morgan fingerprint density at radius 2 is 2.27 bits per heavy atom. The van der Waals surface area contributed by atoms with E-state index in [1.54, 1.807) is 6.92 Å². The first kappa shape index (κ1) is 10.4. The Bertz CT molecular complexity index is 134. The van der Waals surface area contributed by atoms with Crippen molar-refractivity contribution in [3.05, 3.63) is 24.3 Å². The Kier molecular flexibility index (Phi) is 5.81. The average Bonchev–Trinajstić information content (AvgIpc) is 1.97. The molecule has 0 aliphatic carbocycles. The van der Waals surface area contributed by atoms with E-state index in [1.165, 1.54) is 0 Å². The normalized spacial score (nSPS) is 14.6. The van der Waals surface area contributed by atoms with Gasteiger partial charge in [-0.05, 0) is 19.8 Å². The molecule has 0 aliphatic rings. The summed E-state index contributed by atoms with van der Waals surface area (Å²) in [6.07, 6.45) is 5.63. The smallest absolute Gasteiger partial charge is 0.101 e. The molecule has 0 N–H and O–H groups in total. The van der Waals surface area contributed by atoms with Crippen LogP contribution in [-0.2, 0) is 0 Å². The van der Waals surface area contributed by atoms with E-state index in [9.17, 15) is 4.39 Å². The molecule has 0 rings (SSSR count). The minimum absolute atomic E-state index is 0.515. The van der Waals surface area contributed by atoms with E-state index >= 15 is 0 Å². The second kappa shape index (κ2) is 6.14. The van der Waals surface area contributed by atoms with E-state index in [0.717, 1.165) is 18.4 Å². The molecule has 0 heterocycles. The standard InChI is InChI=1S/C10H17F/c1-4-6-10(5-2)8-7-9(3)11/h5,8-9H,2,4,6-7H2,1,3H3/b10-8+/t9-/m1/s1. The largest absolute Gasteiger partial charge is 0.247 e. The number of hydrogen-bond donors (Lipinski definition) is 0. The number of rotatable bonds is 5. The van der Waals surface area contributed by atoms with Crippen LogP contribution in [0.5, 0.6) is 0 Å². The van der Waals surface area contributed by atoms with E-state index in [4.69, 9.17) is 0 Å². The predicted molar refractivity (Wildman–Crippen MR) is 48.4 cm³/mol. The van der Waals surface area contributed by atoms with Gasteiger partial charge in [0.05, 0.1) is 0 Å². The molecule has 0 amide bonds. The number of allylic oxidation sites excluding steroid dienone is 3. The van der Waals surface area contributed by atoms with Crippen molar-refractivity contribution in [2.24, 2.45) is 0 Å². The third-order valence-corrected chi connectivity index (χ3v) is 1.51. The Hall–Kier alpha value is -0.590. The van der Waals surface area contributed by atoms with Crippen LogP contribution < -0.4 is 0 Å². The van der Waals surface area contributed by atoms with E-state index < -0.39 is 6.17 Å². The molecule has 0 saturated heterocycles. The maximum Gasteiger partial charge on any atom is 0.101 e. The molecule has 0 bridgehead atoms. The lowest BCUT2D eigenvalue weighted by Crippen LogP contribution is -1.89. The molecule has 0 aromatic carbocycles. The molecule has 1 heteroatoms. The maximum absolute atomic E-state index is 12.4. The van der Waals surface area contributed by atoms with Gasteiger partial charge in [-0.25, -0.2) is 4.39 Å². The van der Waals surface area contributed by atoms with Crippen LogP contribution in [0.15, 0.2) is 24.3 Å². The molecule has 0 spiro atoms. The molecule has 0 aromatic heterocycles. The van der Waals surface area contributed by atoms with Crippen molar-refractivity contribution in [1.82, 2.24) is 0 Å². The summed E-state index contributed by atoms with van der Waals surface area (Å²) < 4.78 is 12.4. The summed E-state index contributed by atoms with van der Waals surface area (Å²) in [4.78, 5) is 0. The molecule has 0 aromatic rings. The van der Waals surface area contributed by atoms with E-state index in [2.05, 4.69) is 13.5 Å². The fourth-order valence-electron chi connectivity index (χ4n) is 0.890. The molecular formula is C10H17F.